The molecule has 0 aliphatic heterocycles. The number of nitrogens with zero attached hydrogens (tertiary/aromatic N) is 10. The predicted octanol–water partition coefficient (Wildman–Crippen LogP) is 9.81. The number of nitrogens with one attached hydrogen (secondary N) is 2. The monoisotopic (exact) mass is 1090 g/mol. The summed E-state index contributed by atoms with van der Waals surface area (Å²) in [4.78, 5) is 90.3. The molecule has 6 heterocycles. The van der Waals surface area contributed by atoms with E-state index in [9.17, 15) is 36.7 Å². The van der Waals surface area contributed by atoms with E-state index < -0.39 is 24.0 Å². The van der Waals surface area contributed by atoms with Gasteiger partial charge >= 0.3 is 23.4 Å². The molecule has 1 atom stereocenters. The molecule has 1 unspecified atom stereocenters. The number of hydrogen-bond donors (Lipinski definition) is 4. The number of carbonyl (C=O) groups is 3. The third-order valence-electron chi connectivity index (χ3n) is 4.15. The Kier molecular flexibility index (Phi) is 92.1. The van der Waals surface area contributed by atoms with Crippen molar-refractivity contribution >= 4 is 64.2 Å². The van der Waals surface area contributed by atoms with Crippen LogP contribution in [0.15, 0.2) is 120 Å². The largest absolute Gasteiger partial charge is 0.463 e. The maximum absolute atomic E-state index is 12.3. The van der Waals surface area contributed by atoms with Crippen LogP contribution in [-0.2, 0) is 14.3 Å². The van der Waals surface area contributed by atoms with Crippen molar-refractivity contribution in [1.29, 1.82) is 0 Å². The van der Waals surface area contributed by atoms with Crippen LogP contribution in [-0.4, -0.2) is 112 Å². The van der Waals surface area contributed by atoms with Gasteiger partial charge in [0.05, 0.1) is 28.1 Å². The SMILES string of the molecule is CC.CC.CC.CCC.CCOC(=O)C(F)C(C)=O.CF.CF.CF.Clc1ncccn1.Clc1ncccn1.Clc1ncccn1.Clc1ncccn1.NC(N)=O.O=c1nccc[nH]1.O=c1nccc[nH]1. The lowest BCUT2D eigenvalue weighted by Crippen LogP contribution is -2.25. The van der Waals surface area contributed by atoms with E-state index in [1.807, 2.05) is 41.5 Å². The second-order valence-electron chi connectivity index (χ2n) is 9.08. The lowest BCUT2D eigenvalue weighted by atomic mass is 10.3. The normalized spacial score (nSPS) is 7.96. The van der Waals surface area contributed by atoms with Crippen molar-refractivity contribution in [3.05, 3.63) is 153 Å². The molecular weight excluding hydrogens is 1030 g/mol. The average Bonchev–Trinajstić information content (AvgIpc) is 3.40. The smallest absolute Gasteiger partial charge is 0.348 e. The van der Waals surface area contributed by atoms with Gasteiger partial charge in [-0.05, 0) is 96.6 Å². The molecule has 0 aliphatic rings. The number of nitrogens with two attached hydrogens (primary N) is 2. The molecule has 0 aromatic carbocycles. The Hall–Kier alpha value is -6.63. The number of carbonyl (C=O) groups excluding carboxylic acids is 3. The van der Waals surface area contributed by atoms with E-state index in [1.165, 1.54) is 31.2 Å². The second-order valence-corrected chi connectivity index (χ2v) is 10.4. The van der Waals surface area contributed by atoms with Crippen molar-refractivity contribution in [1.82, 2.24) is 59.8 Å². The van der Waals surface area contributed by atoms with Crippen molar-refractivity contribution in [2.24, 2.45) is 11.5 Å². The van der Waals surface area contributed by atoms with Crippen LogP contribution in [0.2, 0.25) is 21.1 Å². The highest BCUT2D eigenvalue weighted by molar-refractivity contribution is 6.28. The number of amides is 2. The number of esters is 1. The number of primary amides is 2. The molecule has 0 fully saturated rings. The highest BCUT2D eigenvalue weighted by Crippen LogP contribution is 1.96. The summed E-state index contributed by atoms with van der Waals surface area (Å²) in [5, 5.41) is 1.18. The lowest BCUT2D eigenvalue weighted by molar-refractivity contribution is -0.152. The van der Waals surface area contributed by atoms with Crippen molar-refractivity contribution < 1.29 is 36.7 Å². The molecule has 6 aromatic heterocycles. The van der Waals surface area contributed by atoms with Gasteiger partial charge in [0, 0.05) is 74.4 Å². The molecule has 0 saturated heterocycles. The van der Waals surface area contributed by atoms with Gasteiger partial charge in [0.2, 0.25) is 21.1 Å². The number of H-pyrrole nitrogens is 2. The molecule has 0 radical (unpaired) electrons. The number of rotatable bonds is 3. The first-order chi connectivity index (χ1) is 34.1. The predicted molar refractivity (Wildman–Crippen MR) is 275 cm³/mol. The summed E-state index contributed by atoms with van der Waals surface area (Å²) in [5.74, 6) is -1.92. The summed E-state index contributed by atoms with van der Waals surface area (Å²) in [6.45, 7) is 18.9. The second kappa shape index (κ2) is 77.6. The summed E-state index contributed by atoms with van der Waals surface area (Å²) in [7, 11) is 1.50. The van der Waals surface area contributed by atoms with Gasteiger partial charge < -0.3 is 26.2 Å². The first-order valence-corrected chi connectivity index (χ1v) is 21.8. The summed E-state index contributed by atoms with van der Waals surface area (Å²) >= 11 is 21.3. The Labute approximate surface area is 433 Å². The summed E-state index contributed by atoms with van der Waals surface area (Å²) < 4.78 is 45.0. The zero-order chi connectivity index (χ0) is 57.1. The van der Waals surface area contributed by atoms with E-state index in [0.29, 0.717) is 42.7 Å². The topological polar surface area (TPSA) is 307 Å². The minimum Gasteiger partial charge on any atom is -0.463 e. The van der Waals surface area contributed by atoms with Crippen molar-refractivity contribution in [2.45, 2.75) is 81.8 Å². The van der Waals surface area contributed by atoms with Crippen LogP contribution in [0.4, 0.5) is 22.4 Å². The molecule has 71 heavy (non-hydrogen) atoms. The van der Waals surface area contributed by atoms with Crippen LogP contribution < -0.4 is 22.8 Å². The van der Waals surface area contributed by atoms with E-state index in [4.69, 9.17) is 51.2 Å². The molecule has 6 N–H and O–H groups in total. The fourth-order valence-corrected chi connectivity index (χ4v) is 2.58. The molecular formula is C43H68Cl4F4N14O6. The Morgan fingerprint density at radius 3 is 0.803 bits per heavy atom. The van der Waals surface area contributed by atoms with E-state index in [1.54, 1.807) is 92.9 Å². The number of hydrogen-bond acceptors (Lipinski definition) is 16. The maximum Gasteiger partial charge on any atom is 0.348 e. The minimum atomic E-state index is -2.11. The number of aromatic amines is 2. The summed E-state index contributed by atoms with van der Waals surface area (Å²) in [6, 6.07) is 9.33. The quantitative estimate of drug-likeness (QED) is 0.0554. The van der Waals surface area contributed by atoms with E-state index in [0.717, 1.165) is 6.92 Å². The number of alkyl halides is 4. The molecule has 6 aromatic rings. The fraction of sp³-hybridized carbons (Fsp3) is 0.372. The molecule has 6 rings (SSSR count). The molecule has 0 spiro atoms. The Morgan fingerprint density at radius 1 is 0.507 bits per heavy atom. The standard InChI is InChI=1S/C6H9FO3.4C4H3ClN2.2C4H4N2O.C3H8.3C2H6.3CH3F.CH4N2O/c1-3-10-6(9)5(7)4(2)8;4*5-4-6-2-1-3-7-4;2*7-4-5-2-1-3-6-4;1-3-2;6*1-2;2-1(3)4/h5H,3H2,1-2H3;4*1-3H;2*1-3H,(H,5,6,7);3H2,1-2H3;3*1-2H3;3*1H3;(H4,2,3,4). The van der Waals surface area contributed by atoms with Crippen LogP contribution in [0.5, 0.6) is 0 Å². The number of ether oxygens (including phenoxy) is 1. The molecule has 2 amide bonds. The average molecular weight is 1090 g/mol. The van der Waals surface area contributed by atoms with Crippen molar-refractivity contribution in [2.75, 3.05) is 28.1 Å². The zero-order valence-electron chi connectivity index (χ0n) is 42.0. The maximum atomic E-state index is 12.3. The Morgan fingerprint density at radius 2 is 0.704 bits per heavy atom. The first kappa shape index (κ1) is 84.3. The molecule has 0 bridgehead atoms. The third-order valence-corrected chi connectivity index (χ3v) is 4.93. The Bertz CT molecular complexity index is 1790. The lowest BCUT2D eigenvalue weighted by Gasteiger charge is -2.01. The number of Topliss-reactive ketones (excluding diaryl/α,β-unsaturated/α-hetero) is 1. The van der Waals surface area contributed by atoms with Crippen molar-refractivity contribution in [3.8, 4) is 0 Å². The van der Waals surface area contributed by atoms with Gasteiger partial charge in [-0.15, -0.1) is 0 Å². The van der Waals surface area contributed by atoms with Gasteiger partial charge in [0.1, 0.15) is 0 Å². The van der Waals surface area contributed by atoms with Gasteiger partial charge in [0.15, 0.2) is 5.78 Å². The van der Waals surface area contributed by atoms with Gasteiger partial charge in [-0.1, -0.05) is 61.8 Å². The number of ketones is 1. The molecule has 0 aliphatic carbocycles. The molecule has 402 valence electrons. The van der Waals surface area contributed by atoms with Gasteiger partial charge in [-0.25, -0.2) is 73.4 Å². The molecule has 28 heteroatoms. The first-order valence-electron chi connectivity index (χ1n) is 20.3. The molecule has 20 nitrogen and oxygen atoms in total. The highest BCUT2D eigenvalue weighted by atomic mass is 35.5. The minimum absolute atomic E-state index is 0.0898. The van der Waals surface area contributed by atoms with E-state index in [2.05, 4.69) is 89.9 Å². The van der Waals surface area contributed by atoms with Crippen LogP contribution in [0, 0.1) is 0 Å². The van der Waals surface area contributed by atoms with Crippen molar-refractivity contribution in [3.63, 3.8) is 0 Å². The van der Waals surface area contributed by atoms with Gasteiger partial charge in [-0.2, -0.15) is 0 Å². The van der Waals surface area contributed by atoms with Crippen LogP contribution in [0.25, 0.3) is 0 Å². The number of urea groups is 1. The van der Waals surface area contributed by atoms with Crippen LogP contribution in [0.1, 0.15) is 75.7 Å². The summed E-state index contributed by atoms with van der Waals surface area (Å²) in [5.41, 5.74) is 7.89. The Balaban J connectivity index is -0.0000000855. The van der Waals surface area contributed by atoms with Gasteiger partial charge in [-0.3, -0.25) is 18.0 Å². The molecule has 0 saturated carbocycles. The highest BCUT2D eigenvalue weighted by Gasteiger charge is 2.22. The van der Waals surface area contributed by atoms with Crippen LogP contribution >= 0.6 is 46.4 Å². The van der Waals surface area contributed by atoms with E-state index in [-0.39, 0.29) is 18.0 Å². The third kappa shape index (κ3) is 87.0. The number of halogens is 8. The van der Waals surface area contributed by atoms with E-state index >= 15 is 0 Å². The van der Waals surface area contributed by atoms with Crippen LogP contribution in [0.3, 0.4) is 0 Å². The number of aromatic nitrogens is 12. The zero-order valence-corrected chi connectivity index (χ0v) is 45.0. The fourth-order valence-electron chi connectivity index (χ4n) is 2.13. The van der Waals surface area contributed by atoms with Gasteiger partial charge in [0.25, 0.3) is 6.17 Å². The summed E-state index contributed by atoms with van der Waals surface area (Å²) in [6.07, 6.45) is 17.8.